The smallest absolute Gasteiger partial charge is 0.161 e. The van der Waals surface area contributed by atoms with E-state index in [0.29, 0.717) is 17.6 Å². The quantitative estimate of drug-likeness (QED) is 0.855. The van der Waals surface area contributed by atoms with Crippen molar-refractivity contribution >= 4 is 0 Å². The third kappa shape index (κ3) is 1.47. The molecule has 3 unspecified atom stereocenters. The Balaban J connectivity index is 1.89. The Morgan fingerprint density at radius 1 is 1.22 bits per heavy atom. The molecule has 3 atom stereocenters. The maximum atomic E-state index is 9.89. The SMILES string of the molecule is CC1CCC2C(C)(C)C2(Oc2ccccc2O)C1. The highest BCUT2D eigenvalue weighted by molar-refractivity contribution is 5.40. The number of ether oxygens (including phenoxy) is 1. The minimum absolute atomic E-state index is 0.0521. The number of rotatable bonds is 2. The van der Waals surface area contributed by atoms with Gasteiger partial charge in [0.2, 0.25) is 0 Å². The molecule has 0 saturated heterocycles. The number of fused-ring (bicyclic) bond motifs is 1. The molecule has 2 aliphatic carbocycles. The van der Waals surface area contributed by atoms with E-state index in [2.05, 4.69) is 20.8 Å². The van der Waals surface area contributed by atoms with Crippen LogP contribution in [0.5, 0.6) is 11.5 Å². The summed E-state index contributed by atoms with van der Waals surface area (Å²) >= 11 is 0. The Labute approximate surface area is 109 Å². The third-order valence-electron chi connectivity index (χ3n) is 5.20. The Bertz CT molecular complexity index is 466. The molecule has 98 valence electrons. The van der Waals surface area contributed by atoms with E-state index < -0.39 is 0 Å². The van der Waals surface area contributed by atoms with Gasteiger partial charge in [0.15, 0.2) is 11.5 Å². The number of para-hydroxylation sites is 2. The molecule has 2 heteroatoms. The van der Waals surface area contributed by atoms with Gasteiger partial charge in [-0.2, -0.15) is 0 Å². The standard InChI is InChI=1S/C16H22O2/c1-11-8-9-14-15(2,3)16(14,10-11)18-13-7-5-4-6-12(13)17/h4-7,11,14,17H,8-10H2,1-3H3. The molecule has 0 amide bonds. The topological polar surface area (TPSA) is 29.5 Å². The summed E-state index contributed by atoms with van der Waals surface area (Å²) in [5.74, 6) is 2.25. The van der Waals surface area contributed by atoms with Gasteiger partial charge in [-0.15, -0.1) is 0 Å². The van der Waals surface area contributed by atoms with Crippen molar-refractivity contribution < 1.29 is 9.84 Å². The van der Waals surface area contributed by atoms with Crippen molar-refractivity contribution in [2.24, 2.45) is 17.3 Å². The number of phenolic OH excluding ortho intramolecular Hbond substituents is 1. The van der Waals surface area contributed by atoms with Crippen LogP contribution < -0.4 is 4.74 Å². The van der Waals surface area contributed by atoms with Crippen LogP contribution in [0.4, 0.5) is 0 Å². The van der Waals surface area contributed by atoms with E-state index in [4.69, 9.17) is 4.74 Å². The second kappa shape index (κ2) is 3.66. The number of phenols is 1. The van der Waals surface area contributed by atoms with E-state index in [9.17, 15) is 5.11 Å². The lowest BCUT2D eigenvalue weighted by atomic mass is 9.88. The highest BCUT2D eigenvalue weighted by Crippen LogP contribution is 2.70. The van der Waals surface area contributed by atoms with Gasteiger partial charge in [0.1, 0.15) is 5.60 Å². The van der Waals surface area contributed by atoms with Crippen LogP contribution in [0, 0.1) is 17.3 Å². The van der Waals surface area contributed by atoms with Gasteiger partial charge >= 0.3 is 0 Å². The summed E-state index contributed by atoms with van der Waals surface area (Å²) in [6.45, 7) is 6.91. The first kappa shape index (κ1) is 11.9. The molecule has 2 fully saturated rings. The molecule has 2 aliphatic rings. The molecule has 0 radical (unpaired) electrons. The molecular weight excluding hydrogens is 224 g/mol. The zero-order valence-electron chi connectivity index (χ0n) is 11.4. The van der Waals surface area contributed by atoms with E-state index in [1.807, 2.05) is 18.2 Å². The van der Waals surface area contributed by atoms with Gasteiger partial charge in [0.25, 0.3) is 0 Å². The predicted molar refractivity (Wildman–Crippen MR) is 71.8 cm³/mol. The fourth-order valence-corrected chi connectivity index (χ4v) is 3.98. The second-order valence-electron chi connectivity index (χ2n) is 6.62. The van der Waals surface area contributed by atoms with Gasteiger partial charge in [0, 0.05) is 11.3 Å². The summed E-state index contributed by atoms with van der Waals surface area (Å²) in [5.41, 5.74) is 0.184. The lowest BCUT2D eigenvalue weighted by Crippen LogP contribution is -2.30. The van der Waals surface area contributed by atoms with Gasteiger partial charge in [-0.1, -0.05) is 39.3 Å². The Hall–Kier alpha value is -1.18. The van der Waals surface area contributed by atoms with Crippen LogP contribution in [0.15, 0.2) is 24.3 Å². The van der Waals surface area contributed by atoms with Crippen molar-refractivity contribution in [2.45, 2.75) is 45.6 Å². The molecule has 0 aliphatic heterocycles. The van der Waals surface area contributed by atoms with Crippen molar-refractivity contribution in [1.82, 2.24) is 0 Å². The minimum atomic E-state index is -0.0521. The average molecular weight is 246 g/mol. The first-order valence-corrected chi connectivity index (χ1v) is 6.94. The average Bonchev–Trinajstić information content (AvgIpc) is 2.78. The molecule has 3 rings (SSSR count). The van der Waals surface area contributed by atoms with Gasteiger partial charge in [-0.3, -0.25) is 0 Å². The van der Waals surface area contributed by atoms with E-state index in [0.717, 1.165) is 6.42 Å². The Morgan fingerprint density at radius 3 is 2.67 bits per heavy atom. The summed E-state index contributed by atoms with van der Waals surface area (Å²) in [5, 5.41) is 9.89. The first-order valence-electron chi connectivity index (χ1n) is 6.94. The van der Waals surface area contributed by atoms with Crippen LogP contribution in [-0.2, 0) is 0 Å². The largest absolute Gasteiger partial charge is 0.504 e. The van der Waals surface area contributed by atoms with Crippen LogP contribution in [0.1, 0.15) is 40.0 Å². The Morgan fingerprint density at radius 2 is 1.94 bits per heavy atom. The Kier molecular flexibility index (Phi) is 2.42. The lowest BCUT2D eigenvalue weighted by molar-refractivity contribution is 0.0815. The third-order valence-corrected chi connectivity index (χ3v) is 5.20. The summed E-state index contributed by atoms with van der Waals surface area (Å²) < 4.78 is 6.28. The maximum Gasteiger partial charge on any atom is 0.161 e. The van der Waals surface area contributed by atoms with Crippen molar-refractivity contribution in [3.05, 3.63) is 24.3 Å². The summed E-state index contributed by atoms with van der Waals surface area (Å²) in [7, 11) is 0. The molecule has 0 spiro atoms. The van der Waals surface area contributed by atoms with Crippen molar-refractivity contribution in [3.8, 4) is 11.5 Å². The van der Waals surface area contributed by atoms with Gasteiger partial charge in [-0.05, 0) is 30.9 Å². The maximum absolute atomic E-state index is 9.89. The van der Waals surface area contributed by atoms with Crippen LogP contribution in [0.25, 0.3) is 0 Å². The van der Waals surface area contributed by atoms with Crippen LogP contribution in [0.3, 0.4) is 0 Å². The number of aromatic hydroxyl groups is 1. The van der Waals surface area contributed by atoms with Gasteiger partial charge in [-0.25, -0.2) is 0 Å². The molecule has 1 aromatic rings. The minimum Gasteiger partial charge on any atom is -0.504 e. The number of hydrogen-bond acceptors (Lipinski definition) is 2. The fourth-order valence-electron chi connectivity index (χ4n) is 3.98. The summed E-state index contributed by atoms with van der Waals surface area (Å²) in [4.78, 5) is 0. The highest BCUT2D eigenvalue weighted by atomic mass is 16.5. The van der Waals surface area contributed by atoms with Crippen molar-refractivity contribution in [3.63, 3.8) is 0 Å². The number of benzene rings is 1. The monoisotopic (exact) mass is 246 g/mol. The van der Waals surface area contributed by atoms with Crippen molar-refractivity contribution in [1.29, 1.82) is 0 Å². The number of hydrogen-bond donors (Lipinski definition) is 1. The lowest BCUT2D eigenvalue weighted by Gasteiger charge is -2.29. The predicted octanol–water partition coefficient (Wildman–Crippen LogP) is 3.99. The first-order chi connectivity index (χ1) is 8.47. The zero-order valence-corrected chi connectivity index (χ0v) is 11.4. The van der Waals surface area contributed by atoms with Crippen LogP contribution in [0.2, 0.25) is 0 Å². The van der Waals surface area contributed by atoms with E-state index >= 15 is 0 Å². The van der Waals surface area contributed by atoms with E-state index in [-0.39, 0.29) is 16.8 Å². The summed E-state index contributed by atoms with van der Waals surface area (Å²) in [6.07, 6.45) is 3.67. The molecule has 2 saturated carbocycles. The van der Waals surface area contributed by atoms with E-state index in [1.165, 1.54) is 12.8 Å². The van der Waals surface area contributed by atoms with E-state index in [1.54, 1.807) is 6.07 Å². The fraction of sp³-hybridized carbons (Fsp3) is 0.625. The molecule has 18 heavy (non-hydrogen) atoms. The van der Waals surface area contributed by atoms with Crippen LogP contribution >= 0.6 is 0 Å². The van der Waals surface area contributed by atoms with Gasteiger partial charge in [0.05, 0.1) is 0 Å². The highest BCUT2D eigenvalue weighted by Gasteiger charge is 2.74. The molecule has 1 N–H and O–H groups in total. The molecule has 0 bridgehead atoms. The molecule has 2 nitrogen and oxygen atoms in total. The zero-order chi connectivity index (χ0) is 13.0. The summed E-state index contributed by atoms with van der Waals surface area (Å²) in [6, 6.07) is 7.32. The van der Waals surface area contributed by atoms with Crippen molar-refractivity contribution in [2.75, 3.05) is 0 Å². The normalized spacial score (nSPS) is 36.8. The molecular formula is C16H22O2. The second-order valence-corrected chi connectivity index (χ2v) is 6.62. The van der Waals surface area contributed by atoms with Crippen LogP contribution in [-0.4, -0.2) is 10.7 Å². The molecule has 0 aromatic heterocycles. The molecule has 1 aromatic carbocycles. The van der Waals surface area contributed by atoms with Gasteiger partial charge < -0.3 is 9.84 Å². The molecule has 0 heterocycles.